The van der Waals surface area contributed by atoms with Gasteiger partial charge in [-0.3, -0.25) is 14.2 Å². The summed E-state index contributed by atoms with van der Waals surface area (Å²) in [5.74, 6) is 0.145. The minimum Gasteiger partial charge on any atom is -0.293 e. The third-order valence-electron chi connectivity index (χ3n) is 3.94. The predicted octanol–water partition coefficient (Wildman–Crippen LogP) is 4.48. The molecule has 0 aliphatic heterocycles. The zero-order valence-corrected chi connectivity index (χ0v) is 16.0. The number of ketones is 1. The second-order valence-electron chi connectivity index (χ2n) is 5.91. The zero-order valence-electron chi connectivity index (χ0n) is 14.4. The number of carbonyl (C=O) groups is 1. The number of carbonyl (C=O) groups excluding carboxylic acids is 1. The van der Waals surface area contributed by atoms with Crippen molar-refractivity contribution in [1.29, 1.82) is 0 Å². The molecule has 6 heteroatoms. The highest BCUT2D eigenvalue weighted by molar-refractivity contribution is 7.99. The lowest BCUT2D eigenvalue weighted by molar-refractivity contribution is 0.102. The Hall–Kier alpha value is -2.37. The van der Waals surface area contributed by atoms with Gasteiger partial charge < -0.3 is 0 Å². The number of aryl methyl sites for hydroxylation is 2. The van der Waals surface area contributed by atoms with Crippen LogP contribution in [0.15, 0.2) is 64.7 Å². The van der Waals surface area contributed by atoms with Crippen molar-refractivity contribution in [1.82, 2.24) is 9.55 Å². The average molecular weight is 385 g/mol. The molecule has 0 atom stereocenters. The van der Waals surface area contributed by atoms with Crippen molar-refractivity contribution >= 4 is 29.1 Å². The minimum absolute atomic E-state index is 0.0180. The van der Waals surface area contributed by atoms with Crippen molar-refractivity contribution in [2.24, 2.45) is 0 Å². The fourth-order valence-electron chi connectivity index (χ4n) is 2.64. The molecule has 0 unspecified atom stereocenters. The Labute approximate surface area is 160 Å². The Bertz CT molecular complexity index is 1010. The van der Waals surface area contributed by atoms with Gasteiger partial charge in [-0.1, -0.05) is 47.1 Å². The maximum atomic E-state index is 12.7. The first kappa shape index (κ1) is 18.4. The minimum atomic E-state index is -0.256. The number of thioether (sulfide) groups is 1. The smallest absolute Gasteiger partial charge is 0.287 e. The molecule has 2 aromatic carbocycles. The van der Waals surface area contributed by atoms with Crippen molar-refractivity contribution in [3.8, 4) is 5.69 Å². The normalized spacial score (nSPS) is 10.7. The number of halogens is 1. The molecule has 0 fully saturated rings. The van der Waals surface area contributed by atoms with Gasteiger partial charge in [0.15, 0.2) is 10.8 Å². The van der Waals surface area contributed by atoms with Crippen LogP contribution in [0.1, 0.15) is 21.5 Å². The molecule has 0 amide bonds. The van der Waals surface area contributed by atoms with Crippen LogP contribution >= 0.6 is 23.4 Å². The quantitative estimate of drug-likeness (QED) is 0.480. The molecule has 0 aliphatic rings. The van der Waals surface area contributed by atoms with E-state index in [2.05, 4.69) is 4.98 Å². The summed E-state index contributed by atoms with van der Waals surface area (Å²) < 4.78 is 1.49. The second kappa shape index (κ2) is 7.89. The molecule has 0 aliphatic carbocycles. The highest BCUT2D eigenvalue weighted by Crippen LogP contribution is 2.18. The van der Waals surface area contributed by atoms with E-state index in [9.17, 15) is 9.59 Å². The molecular formula is C20H17ClN2O2S. The van der Waals surface area contributed by atoms with Gasteiger partial charge in [0, 0.05) is 28.7 Å². The van der Waals surface area contributed by atoms with Gasteiger partial charge in [0.2, 0.25) is 0 Å². The lowest BCUT2D eigenvalue weighted by Gasteiger charge is -2.08. The fraction of sp³-hybridized carbons (Fsp3) is 0.150. The largest absolute Gasteiger partial charge is 0.293 e. The Balaban J connectivity index is 1.80. The van der Waals surface area contributed by atoms with Gasteiger partial charge in [0.25, 0.3) is 5.56 Å². The maximum Gasteiger partial charge on any atom is 0.287 e. The van der Waals surface area contributed by atoms with Crippen LogP contribution in [-0.4, -0.2) is 21.1 Å². The molecule has 4 nitrogen and oxygen atoms in total. The van der Waals surface area contributed by atoms with Crippen LogP contribution in [0.5, 0.6) is 0 Å². The highest BCUT2D eigenvalue weighted by atomic mass is 35.5. The van der Waals surface area contributed by atoms with E-state index in [1.165, 1.54) is 4.57 Å². The van der Waals surface area contributed by atoms with Gasteiger partial charge in [0.05, 0.1) is 5.75 Å². The lowest BCUT2D eigenvalue weighted by atomic mass is 10.0. The van der Waals surface area contributed by atoms with Gasteiger partial charge in [-0.05, 0) is 43.7 Å². The van der Waals surface area contributed by atoms with Gasteiger partial charge in [-0.25, -0.2) is 4.98 Å². The maximum absolute atomic E-state index is 12.7. The summed E-state index contributed by atoms with van der Waals surface area (Å²) in [5, 5.41) is 0.894. The molecule has 132 valence electrons. The first-order valence-corrected chi connectivity index (χ1v) is 9.39. The molecule has 0 bridgehead atoms. The van der Waals surface area contributed by atoms with Gasteiger partial charge in [-0.15, -0.1) is 0 Å². The molecular weight excluding hydrogens is 368 g/mol. The van der Waals surface area contributed by atoms with Crippen LogP contribution in [0.3, 0.4) is 0 Å². The summed E-state index contributed by atoms with van der Waals surface area (Å²) in [5.41, 5.74) is 3.17. The van der Waals surface area contributed by atoms with Crippen LogP contribution in [0.25, 0.3) is 5.69 Å². The summed E-state index contributed by atoms with van der Waals surface area (Å²) >= 11 is 7.05. The van der Waals surface area contributed by atoms with Crippen molar-refractivity contribution in [2.45, 2.75) is 18.9 Å². The van der Waals surface area contributed by atoms with Crippen molar-refractivity contribution in [3.05, 3.63) is 86.9 Å². The Morgan fingerprint density at radius 1 is 1.15 bits per heavy atom. The molecule has 26 heavy (non-hydrogen) atoms. The molecule has 1 aromatic heterocycles. The molecule has 0 saturated heterocycles. The summed E-state index contributed by atoms with van der Waals surface area (Å²) in [6, 6.07) is 12.7. The van der Waals surface area contributed by atoms with E-state index in [0.29, 0.717) is 21.3 Å². The van der Waals surface area contributed by atoms with Crippen LogP contribution in [0.4, 0.5) is 0 Å². The number of nitrogens with zero attached hydrogens (tertiary/aromatic N) is 2. The molecule has 1 heterocycles. The van der Waals surface area contributed by atoms with E-state index in [0.717, 1.165) is 22.9 Å². The Morgan fingerprint density at radius 3 is 2.58 bits per heavy atom. The number of hydrogen-bond acceptors (Lipinski definition) is 4. The van der Waals surface area contributed by atoms with E-state index in [-0.39, 0.29) is 17.1 Å². The lowest BCUT2D eigenvalue weighted by Crippen LogP contribution is -2.21. The summed E-state index contributed by atoms with van der Waals surface area (Å²) in [7, 11) is 0. The first-order valence-electron chi connectivity index (χ1n) is 8.02. The number of hydrogen-bond donors (Lipinski definition) is 0. The third-order valence-corrected chi connectivity index (χ3v) is 5.15. The number of aromatic nitrogens is 2. The van der Waals surface area contributed by atoms with Crippen LogP contribution < -0.4 is 5.56 Å². The fourth-order valence-corrected chi connectivity index (χ4v) is 3.54. The van der Waals surface area contributed by atoms with Crippen LogP contribution in [0.2, 0.25) is 5.02 Å². The molecule has 0 N–H and O–H groups in total. The third kappa shape index (κ3) is 4.06. The predicted molar refractivity (Wildman–Crippen MR) is 106 cm³/mol. The van der Waals surface area contributed by atoms with Gasteiger partial charge >= 0.3 is 0 Å². The van der Waals surface area contributed by atoms with E-state index in [1.807, 2.05) is 32.0 Å². The SMILES string of the molecule is Cc1ccc(C(=O)CSc2nccn(-c3ccc(Cl)cc3)c2=O)c(C)c1. The summed E-state index contributed by atoms with van der Waals surface area (Å²) in [6.07, 6.45) is 3.15. The second-order valence-corrected chi connectivity index (χ2v) is 7.31. The van der Waals surface area contributed by atoms with E-state index in [4.69, 9.17) is 11.6 Å². The van der Waals surface area contributed by atoms with Gasteiger partial charge in [0.1, 0.15) is 0 Å². The molecule has 0 radical (unpaired) electrons. The van der Waals surface area contributed by atoms with Crippen molar-refractivity contribution < 1.29 is 4.79 Å². The van der Waals surface area contributed by atoms with E-state index in [1.54, 1.807) is 36.7 Å². The summed E-state index contributed by atoms with van der Waals surface area (Å²) in [6.45, 7) is 3.91. The van der Waals surface area contributed by atoms with Crippen molar-refractivity contribution in [2.75, 3.05) is 5.75 Å². The van der Waals surface area contributed by atoms with E-state index >= 15 is 0 Å². The molecule has 3 rings (SSSR count). The summed E-state index contributed by atoms with van der Waals surface area (Å²) in [4.78, 5) is 29.3. The number of benzene rings is 2. The van der Waals surface area contributed by atoms with Gasteiger partial charge in [-0.2, -0.15) is 0 Å². The highest BCUT2D eigenvalue weighted by Gasteiger charge is 2.13. The molecule has 0 spiro atoms. The molecule has 0 saturated carbocycles. The number of Topliss-reactive ketones (excluding diaryl/α,β-unsaturated/α-hetero) is 1. The first-order chi connectivity index (χ1) is 12.5. The number of rotatable bonds is 5. The Morgan fingerprint density at radius 2 is 1.88 bits per heavy atom. The topological polar surface area (TPSA) is 52.0 Å². The monoisotopic (exact) mass is 384 g/mol. The van der Waals surface area contributed by atoms with E-state index < -0.39 is 0 Å². The van der Waals surface area contributed by atoms with Crippen LogP contribution in [-0.2, 0) is 0 Å². The van der Waals surface area contributed by atoms with Crippen LogP contribution in [0, 0.1) is 13.8 Å². The zero-order chi connectivity index (χ0) is 18.7. The average Bonchev–Trinajstić information content (AvgIpc) is 2.61. The standard InChI is InChI=1S/C20H17ClN2O2S/c1-13-3-8-17(14(2)11-13)18(24)12-26-19-20(25)23(10-9-22-19)16-6-4-15(21)5-7-16/h3-11H,12H2,1-2H3. The Kier molecular flexibility index (Phi) is 5.59. The molecule has 3 aromatic rings. The van der Waals surface area contributed by atoms with Crippen molar-refractivity contribution in [3.63, 3.8) is 0 Å².